The lowest BCUT2D eigenvalue weighted by Crippen LogP contribution is -1.86. The number of hydrogen-bond acceptors (Lipinski definition) is 4. The summed E-state index contributed by atoms with van der Waals surface area (Å²) in [7, 11) is 0. The van der Waals surface area contributed by atoms with Crippen molar-refractivity contribution >= 4 is 21.9 Å². The molecule has 0 atom stereocenters. The fraction of sp³-hybridized carbons (Fsp3) is 0. The molecule has 0 saturated carbocycles. The highest BCUT2D eigenvalue weighted by atomic mass is 19.1. The number of rotatable bonds is 3. The normalized spacial score (nSPS) is 11.4. The number of nitrogens with one attached hydrogen (secondary N) is 2. The molecule has 0 saturated heterocycles. The molecule has 2 N–H and O–H groups in total. The monoisotopic (exact) mass is 406 g/mol. The van der Waals surface area contributed by atoms with Crippen LogP contribution in [-0.4, -0.2) is 30.1 Å². The second kappa shape index (κ2) is 6.84. The Morgan fingerprint density at radius 1 is 0.742 bits per heavy atom. The Balaban J connectivity index is 1.52. The minimum atomic E-state index is -0.311. The first-order chi connectivity index (χ1) is 15.3. The molecule has 0 spiro atoms. The van der Waals surface area contributed by atoms with Crippen LogP contribution in [0.15, 0.2) is 79.3 Å². The molecule has 4 heterocycles. The second-order valence-corrected chi connectivity index (χ2v) is 7.22. The highest BCUT2D eigenvalue weighted by molar-refractivity contribution is 5.97. The van der Waals surface area contributed by atoms with E-state index in [1.54, 1.807) is 24.7 Å². The van der Waals surface area contributed by atoms with Gasteiger partial charge in [0.15, 0.2) is 5.82 Å². The van der Waals surface area contributed by atoms with E-state index in [4.69, 9.17) is 4.98 Å². The molecule has 6 nitrogen and oxygen atoms in total. The van der Waals surface area contributed by atoms with Gasteiger partial charge in [-0.2, -0.15) is 5.10 Å². The Hall–Kier alpha value is -4.39. The van der Waals surface area contributed by atoms with Crippen LogP contribution < -0.4 is 0 Å². The van der Waals surface area contributed by atoms with Gasteiger partial charge in [0.05, 0.1) is 16.7 Å². The van der Waals surface area contributed by atoms with Gasteiger partial charge in [0.25, 0.3) is 0 Å². The van der Waals surface area contributed by atoms with Crippen molar-refractivity contribution in [2.45, 2.75) is 0 Å². The molecule has 0 amide bonds. The molecular formula is C24H15FN6. The van der Waals surface area contributed by atoms with Crippen molar-refractivity contribution in [2.24, 2.45) is 0 Å². The molecule has 0 radical (unpaired) electrons. The van der Waals surface area contributed by atoms with Crippen molar-refractivity contribution in [1.82, 2.24) is 30.1 Å². The first-order valence-electron chi connectivity index (χ1n) is 9.76. The summed E-state index contributed by atoms with van der Waals surface area (Å²) in [6.45, 7) is 0. The zero-order valence-electron chi connectivity index (χ0n) is 16.2. The third-order valence-corrected chi connectivity index (χ3v) is 5.30. The van der Waals surface area contributed by atoms with Crippen molar-refractivity contribution in [3.05, 3.63) is 85.1 Å². The fourth-order valence-electron chi connectivity index (χ4n) is 3.81. The topological polar surface area (TPSA) is 83.1 Å². The predicted molar refractivity (Wildman–Crippen MR) is 118 cm³/mol. The minimum Gasteiger partial charge on any atom is -0.336 e. The van der Waals surface area contributed by atoms with Gasteiger partial charge in [-0.1, -0.05) is 18.2 Å². The van der Waals surface area contributed by atoms with Crippen LogP contribution >= 0.6 is 0 Å². The number of nitrogens with zero attached hydrogens (tertiary/aromatic N) is 4. The van der Waals surface area contributed by atoms with Crippen LogP contribution in [-0.2, 0) is 0 Å². The second-order valence-electron chi connectivity index (χ2n) is 7.22. The number of aromatic amines is 2. The number of benzene rings is 2. The molecule has 4 aromatic heterocycles. The van der Waals surface area contributed by atoms with E-state index in [1.165, 1.54) is 12.1 Å². The van der Waals surface area contributed by atoms with E-state index in [1.807, 2.05) is 36.4 Å². The maximum absolute atomic E-state index is 13.8. The maximum atomic E-state index is 13.8. The summed E-state index contributed by atoms with van der Waals surface area (Å²) in [5.41, 5.74) is 6.55. The smallest absolute Gasteiger partial charge is 0.159 e. The van der Waals surface area contributed by atoms with Gasteiger partial charge in [-0.25, -0.2) is 9.37 Å². The van der Waals surface area contributed by atoms with Crippen molar-refractivity contribution in [1.29, 1.82) is 0 Å². The fourth-order valence-corrected chi connectivity index (χ4v) is 3.81. The van der Waals surface area contributed by atoms with Crippen molar-refractivity contribution < 1.29 is 4.39 Å². The molecule has 31 heavy (non-hydrogen) atoms. The van der Waals surface area contributed by atoms with E-state index >= 15 is 0 Å². The summed E-state index contributed by atoms with van der Waals surface area (Å²) >= 11 is 0. The molecule has 148 valence electrons. The van der Waals surface area contributed by atoms with Crippen LogP contribution in [0, 0.1) is 5.82 Å². The molecule has 6 rings (SSSR count). The number of imidazole rings is 1. The predicted octanol–water partition coefficient (Wildman–Crippen LogP) is 5.37. The SMILES string of the molecule is Fc1cccc(-c2nccc3[nH]c(-c4n[nH]c5ccc(-c6ccncc6)cc45)nc23)c1. The molecule has 0 aliphatic carbocycles. The molecule has 0 aliphatic rings. The van der Waals surface area contributed by atoms with Crippen LogP contribution in [0.3, 0.4) is 0 Å². The van der Waals surface area contributed by atoms with Gasteiger partial charge in [0.1, 0.15) is 17.0 Å². The molecule has 7 heteroatoms. The third-order valence-electron chi connectivity index (χ3n) is 5.30. The van der Waals surface area contributed by atoms with Gasteiger partial charge in [-0.15, -0.1) is 0 Å². The molecule has 0 unspecified atom stereocenters. The van der Waals surface area contributed by atoms with Gasteiger partial charge < -0.3 is 4.98 Å². The van der Waals surface area contributed by atoms with E-state index in [0.29, 0.717) is 28.3 Å². The Bertz CT molecular complexity index is 1550. The average Bonchev–Trinajstić information content (AvgIpc) is 3.43. The summed E-state index contributed by atoms with van der Waals surface area (Å²) < 4.78 is 13.8. The first kappa shape index (κ1) is 17.5. The number of halogens is 1. The van der Waals surface area contributed by atoms with Crippen molar-refractivity contribution in [2.75, 3.05) is 0 Å². The molecule has 0 bridgehead atoms. The van der Waals surface area contributed by atoms with Crippen molar-refractivity contribution in [3.8, 4) is 33.9 Å². The minimum absolute atomic E-state index is 0.311. The Kier molecular flexibility index (Phi) is 3.86. The standard InChI is InChI=1S/C24H15FN6/c25-17-3-1-2-16(12-17)21-23-20(8-11-27-21)28-24(29-23)22-18-13-15(4-5-19(18)30-31-22)14-6-9-26-10-7-14/h1-13H,(H,28,29)(H,30,31). The van der Waals surface area contributed by atoms with E-state index in [0.717, 1.165) is 27.5 Å². The van der Waals surface area contributed by atoms with E-state index in [9.17, 15) is 4.39 Å². The van der Waals surface area contributed by atoms with E-state index in [2.05, 4.69) is 31.2 Å². The van der Waals surface area contributed by atoms with Crippen LogP contribution in [0.5, 0.6) is 0 Å². The summed E-state index contributed by atoms with van der Waals surface area (Å²) in [6, 6.07) is 18.3. The van der Waals surface area contributed by atoms with Crippen molar-refractivity contribution in [3.63, 3.8) is 0 Å². The largest absolute Gasteiger partial charge is 0.336 e. The van der Waals surface area contributed by atoms with Crippen LogP contribution in [0.25, 0.3) is 55.8 Å². The van der Waals surface area contributed by atoms with Crippen LogP contribution in [0.1, 0.15) is 0 Å². The molecule has 0 aliphatic heterocycles. The Morgan fingerprint density at radius 2 is 1.65 bits per heavy atom. The number of fused-ring (bicyclic) bond motifs is 2. The highest BCUT2D eigenvalue weighted by Gasteiger charge is 2.16. The number of pyridine rings is 2. The maximum Gasteiger partial charge on any atom is 0.159 e. The summed E-state index contributed by atoms with van der Waals surface area (Å²) in [6.07, 6.45) is 5.24. The van der Waals surface area contributed by atoms with E-state index in [-0.39, 0.29) is 5.82 Å². The molecule has 6 aromatic rings. The zero-order valence-corrected chi connectivity index (χ0v) is 16.2. The number of hydrogen-bond donors (Lipinski definition) is 2. The van der Waals surface area contributed by atoms with Gasteiger partial charge in [0, 0.05) is 29.5 Å². The molecular weight excluding hydrogens is 391 g/mol. The van der Waals surface area contributed by atoms with Crippen LogP contribution in [0.4, 0.5) is 4.39 Å². The number of H-pyrrole nitrogens is 2. The Morgan fingerprint density at radius 3 is 2.52 bits per heavy atom. The van der Waals surface area contributed by atoms with Gasteiger partial charge in [-0.3, -0.25) is 15.1 Å². The third kappa shape index (κ3) is 2.95. The summed E-state index contributed by atoms with van der Waals surface area (Å²) in [4.78, 5) is 16.7. The highest BCUT2D eigenvalue weighted by Crippen LogP contribution is 2.32. The van der Waals surface area contributed by atoms with Crippen LogP contribution in [0.2, 0.25) is 0 Å². The Labute approximate surface area is 175 Å². The lowest BCUT2D eigenvalue weighted by molar-refractivity contribution is 0.628. The van der Waals surface area contributed by atoms with Gasteiger partial charge in [0.2, 0.25) is 0 Å². The summed E-state index contributed by atoms with van der Waals surface area (Å²) in [5, 5.41) is 8.53. The van der Waals surface area contributed by atoms with Gasteiger partial charge >= 0.3 is 0 Å². The molecule has 0 fully saturated rings. The lowest BCUT2D eigenvalue weighted by atomic mass is 10.0. The number of aromatic nitrogens is 6. The van der Waals surface area contributed by atoms with E-state index < -0.39 is 0 Å². The first-order valence-corrected chi connectivity index (χ1v) is 9.76. The average molecular weight is 406 g/mol. The van der Waals surface area contributed by atoms with Gasteiger partial charge in [-0.05, 0) is 53.6 Å². The molecule has 2 aromatic carbocycles. The lowest BCUT2D eigenvalue weighted by Gasteiger charge is -2.01. The summed E-state index contributed by atoms with van der Waals surface area (Å²) in [5.74, 6) is 0.313. The quantitative estimate of drug-likeness (QED) is 0.414. The zero-order chi connectivity index (χ0) is 20.8.